The quantitative estimate of drug-likeness (QED) is 0.563. The van der Waals surface area contributed by atoms with Crippen LogP contribution >= 0.6 is 0 Å². The number of hydrogen-bond donors (Lipinski definition) is 2. The average Bonchev–Trinajstić information content (AvgIpc) is 2.68. The van der Waals surface area contributed by atoms with Crippen LogP contribution < -0.4 is 19.6 Å². The van der Waals surface area contributed by atoms with Gasteiger partial charge in [-0.25, -0.2) is 27.3 Å². The number of nitrogens with zero attached hydrogens (tertiary/aromatic N) is 2. The Kier molecular flexibility index (Phi) is 6.16. The molecule has 8 nitrogen and oxygen atoms in total. The van der Waals surface area contributed by atoms with Crippen LogP contribution in [0.5, 0.6) is 0 Å². The summed E-state index contributed by atoms with van der Waals surface area (Å²) in [6, 6.07) is 7.02. The van der Waals surface area contributed by atoms with E-state index in [9.17, 15) is 22.0 Å². The fourth-order valence-corrected chi connectivity index (χ4v) is 3.95. The molecule has 0 spiro atoms. The molecule has 2 N–H and O–H groups in total. The van der Waals surface area contributed by atoms with Gasteiger partial charge in [-0.05, 0) is 41.5 Å². The number of aryl methyl sites for hydroxylation is 1. The first-order valence-electron chi connectivity index (χ1n) is 8.93. The van der Waals surface area contributed by atoms with Crippen molar-refractivity contribution in [3.05, 3.63) is 66.1 Å². The molecule has 1 aromatic carbocycles. The van der Waals surface area contributed by atoms with Crippen molar-refractivity contribution in [1.82, 2.24) is 4.98 Å². The van der Waals surface area contributed by atoms with Gasteiger partial charge in [-0.15, -0.1) is 0 Å². The number of carbonyl (C=O) groups excluding carboxylic acids is 1. The van der Waals surface area contributed by atoms with E-state index < -0.39 is 26.6 Å². The lowest BCUT2D eigenvalue weighted by molar-refractivity contribution is -0.874. The minimum Gasteiger partial charge on any atom is -0.339 e. The van der Waals surface area contributed by atoms with E-state index in [1.54, 1.807) is 25.3 Å². The molecule has 0 fully saturated rings. The van der Waals surface area contributed by atoms with E-state index >= 15 is 0 Å². The van der Waals surface area contributed by atoms with Gasteiger partial charge in [0, 0.05) is 30.8 Å². The van der Waals surface area contributed by atoms with Crippen molar-refractivity contribution in [2.75, 3.05) is 17.1 Å². The van der Waals surface area contributed by atoms with E-state index in [2.05, 4.69) is 15.0 Å². The first-order chi connectivity index (χ1) is 14.6. The first kappa shape index (κ1) is 22.1. The zero-order valence-corrected chi connectivity index (χ0v) is 17.6. The highest BCUT2D eigenvalue weighted by atomic mass is 32.2. The van der Waals surface area contributed by atoms with Gasteiger partial charge in [0.1, 0.15) is 29.8 Å². The van der Waals surface area contributed by atoms with Crippen molar-refractivity contribution >= 4 is 27.4 Å². The third-order valence-corrected chi connectivity index (χ3v) is 5.67. The fraction of sp³-hybridized carbons (Fsp3) is 0.150. The second kappa shape index (κ2) is 8.64. The Hall–Kier alpha value is -3.60. The summed E-state index contributed by atoms with van der Waals surface area (Å²) in [6.07, 6.45) is 3.09. The number of carbonyl (C=O) groups is 1. The number of sulfonamides is 1. The lowest BCUT2D eigenvalue weighted by atomic mass is 10.1. The summed E-state index contributed by atoms with van der Waals surface area (Å²) in [4.78, 5) is 20.1. The second-order valence-corrected chi connectivity index (χ2v) is 8.18. The Morgan fingerprint density at radius 2 is 1.87 bits per heavy atom. The minimum absolute atomic E-state index is 0.116. The highest BCUT2D eigenvalue weighted by Gasteiger charge is 2.21. The molecule has 0 saturated heterocycles. The van der Waals surface area contributed by atoms with Crippen LogP contribution in [0.1, 0.15) is 12.6 Å². The smallest absolute Gasteiger partial charge is 0.321 e. The Balaban J connectivity index is 2.00. The highest BCUT2D eigenvalue weighted by Crippen LogP contribution is 2.27. The van der Waals surface area contributed by atoms with Crippen LogP contribution in [0.2, 0.25) is 0 Å². The van der Waals surface area contributed by atoms with E-state index in [0.29, 0.717) is 28.7 Å². The van der Waals surface area contributed by atoms with E-state index in [-0.39, 0.29) is 11.6 Å². The van der Waals surface area contributed by atoms with Crippen LogP contribution in [0.25, 0.3) is 11.1 Å². The van der Waals surface area contributed by atoms with E-state index in [1.165, 1.54) is 31.0 Å². The van der Waals surface area contributed by atoms with Crippen LogP contribution in [-0.4, -0.2) is 26.4 Å². The summed E-state index contributed by atoms with van der Waals surface area (Å²) in [6.45, 7) is 2.93. The van der Waals surface area contributed by atoms with Gasteiger partial charge in [-0.3, -0.25) is 9.71 Å². The summed E-state index contributed by atoms with van der Waals surface area (Å²) in [5.41, 5.74) is 1.60. The number of anilines is 2. The lowest BCUT2D eigenvalue weighted by Crippen LogP contribution is -2.43. The normalized spacial score (nSPS) is 11.1. The van der Waals surface area contributed by atoms with Crippen molar-refractivity contribution < 1.29 is 31.6 Å². The standard InChI is InChI=1S/C20H18F2N4O4S/c1-12-18(25-31(28,29)19-5-4-16(21)10-17(19)22)8-15(11-23-12)14-6-7-26(30-3)20(9-14)24-13(2)27/h4-11,25H,1-3H3/p+1. The largest absolute Gasteiger partial charge is 0.339 e. The molecule has 2 heterocycles. The summed E-state index contributed by atoms with van der Waals surface area (Å²) in [7, 11) is -2.90. The third-order valence-electron chi connectivity index (χ3n) is 4.27. The number of pyridine rings is 2. The number of aromatic nitrogens is 2. The molecular formula is C20H19F2N4O4S+. The van der Waals surface area contributed by atoms with Crippen molar-refractivity contribution in [1.29, 1.82) is 0 Å². The van der Waals surface area contributed by atoms with Gasteiger partial charge in [0.2, 0.25) is 0 Å². The van der Waals surface area contributed by atoms with Crippen LogP contribution in [0.4, 0.5) is 20.3 Å². The van der Waals surface area contributed by atoms with Gasteiger partial charge in [0.25, 0.3) is 10.0 Å². The van der Waals surface area contributed by atoms with Crippen LogP contribution in [0.3, 0.4) is 0 Å². The van der Waals surface area contributed by atoms with Gasteiger partial charge >= 0.3 is 11.7 Å². The van der Waals surface area contributed by atoms with Gasteiger partial charge in [0.05, 0.1) is 11.4 Å². The molecule has 0 radical (unpaired) electrons. The molecule has 11 heteroatoms. The Morgan fingerprint density at radius 3 is 2.52 bits per heavy atom. The van der Waals surface area contributed by atoms with E-state index in [4.69, 9.17) is 4.84 Å². The molecule has 0 saturated carbocycles. The molecule has 31 heavy (non-hydrogen) atoms. The van der Waals surface area contributed by atoms with E-state index in [1.807, 2.05) is 0 Å². The summed E-state index contributed by atoms with van der Waals surface area (Å²) in [5.74, 6) is -2.05. The first-order valence-corrected chi connectivity index (χ1v) is 10.4. The maximum atomic E-state index is 14.0. The Bertz CT molecular complexity index is 1270. The van der Waals surface area contributed by atoms with Crippen molar-refractivity contribution in [3.63, 3.8) is 0 Å². The maximum Gasteiger partial charge on any atom is 0.321 e. The molecule has 1 amide bonds. The van der Waals surface area contributed by atoms with Crippen LogP contribution in [0.15, 0.2) is 53.7 Å². The molecule has 0 aliphatic rings. The van der Waals surface area contributed by atoms with Gasteiger partial charge in [-0.1, -0.05) is 0 Å². The number of nitrogens with one attached hydrogen (secondary N) is 2. The lowest BCUT2D eigenvalue weighted by Gasteiger charge is -2.13. The molecule has 0 aliphatic heterocycles. The van der Waals surface area contributed by atoms with Crippen LogP contribution in [0, 0.1) is 18.6 Å². The van der Waals surface area contributed by atoms with Crippen LogP contribution in [-0.2, 0) is 14.8 Å². The molecule has 0 aliphatic carbocycles. The number of amides is 1. The highest BCUT2D eigenvalue weighted by molar-refractivity contribution is 7.92. The molecule has 0 unspecified atom stereocenters. The SMILES string of the molecule is CO[n+]1ccc(-c2cnc(C)c(NS(=O)(=O)c3ccc(F)cc3F)c2)cc1NC(C)=O. The topological polar surface area (TPSA) is 101 Å². The summed E-state index contributed by atoms with van der Waals surface area (Å²) in [5, 5.41) is 2.63. The average molecular weight is 449 g/mol. The van der Waals surface area contributed by atoms with Crippen molar-refractivity contribution in [2.45, 2.75) is 18.7 Å². The molecule has 3 rings (SSSR count). The predicted octanol–water partition coefficient (Wildman–Crippen LogP) is 2.44. The molecular weight excluding hydrogens is 430 g/mol. The minimum atomic E-state index is -4.33. The number of rotatable bonds is 6. The monoisotopic (exact) mass is 449 g/mol. The number of hydrogen-bond acceptors (Lipinski definition) is 5. The number of halogens is 2. The van der Waals surface area contributed by atoms with Crippen molar-refractivity contribution in [2.24, 2.45) is 0 Å². The Labute approximate surface area is 177 Å². The molecule has 2 aromatic heterocycles. The summed E-state index contributed by atoms with van der Waals surface area (Å²) < 4.78 is 56.0. The Morgan fingerprint density at radius 1 is 1.13 bits per heavy atom. The maximum absolute atomic E-state index is 14.0. The zero-order valence-electron chi connectivity index (χ0n) is 16.8. The number of benzene rings is 1. The van der Waals surface area contributed by atoms with Gasteiger partial charge in [0.15, 0.2) is 0 Å². The summed E-state index contributed by atoms with van der Waals surface area (Å²) >= 11 is 0. The fourth-order valence-electron chi connectivity index (χ4n) is 2.78. The second-order valence-electron chi connectivity index (χ2n) is 6.53. The molecule has 3 aromatic rings. The zero-order chi connectivity index (χ0) is 22.8. The molecule has 0 atom stereocenters. The van der Waals surface area contributed by atoms with Gasteiger partial charge < -0.3 is 4.84 Å². The third kappa shape index (κ3) is 4.94. The molecule has 0 bridgehead atoms. The predicted molar refractivity (Wildman–Crippen MR) is 109 cm³/mol. The molecule has 162 valence electrons. The van der Waals surface area contributed by atoms with E-state index in [0.717, 1.165) is 12.1 Å². The van der Waals surface area contributed by atoms with Crippen molar-refractivity contribution in [3.8, 4) is 11.1 Å². The van der Waals surface area contributed by atoms with Gasteiger partial charge in [-0.2, -0.15) is 0 Å².